The van der Waals surface area contributed by atoms with E-state index in [1.807, 2.05) is 29.6 Å². The number of hydrogen-bond donors (Lipinski definition) is 1. The first-order chi connectivity index (χ1) is 14.0. The molecule has 0 fully saturated rings. The zero-order valence-electron chi connectivity index (χ0n) is 15.9. The molecule has 0 unspecified atom stereocenters. The van der Waals surface area contributed by atoms with Crippen molar-refractivity contribution >= 4 is 43.9 Å². The van der Waals surface area contributed by atoms with Crippen LogP contribution in [0.1, 0.15) is 10.8 Å². The van der Waals surface area contributed by atoms with Crippen molar-refractivity contribution in [2.24, 2.45) is 0 Å². The fraction of sp³-hybridized carbons (Fsp3) is 0.211. The monoisotopic (exact) mass is 427 g/mol. The van der Waals surface area contributed by atoms with Gasteiger partial charge in [-0.2, -0.15) is 0 Å². The van der Waals surface area contributed by atoms with Crippen LogP contribution in [0.15, 0.2) is 34.4 Å². The third kappa shape index (κ3) is 3.76. The molecule has 0 atom stereocenters. The van der Waals surface area contributed by atoms with E-state index >= 15 is 0 Å². The van der Waals surface area contributed by atoms with Crippen molar-refractivity contribution in [3.8, 4) is 16.9 Å². The fourth-order valence-electron chi connectivity index (χ4n) is 2.94. The third-order valence-corrected chi connectivity index (χ3v) is 5.99. The molecule has 0 aliphatic rings. The Morgan fingerprint density at radius 1 is 1.21 bits per heavy atom. The Balaban J connectivity index is 1.71. The number of carbonyl (C=O) groups is 1. The van der Waals surface area contributed by atoms with Crippen LogP contribution in [0.4, 0.5) is 5.13 Å². The lowest BCUT2D eigenvalue weighted by molar-refractivity contribution is -0.116. The molecule has 0 bridgehead atoms. The molecule has 3 aromatic heterocycles. The number of amides is 1. The van der Waals surface area contributed by atoms with Crippen molar-refractivity contribution in [2.75, 3.05) is 12.4 Å². The van der Waals surface area contributed by atoms with Crippen LogP contribution < -0.4 is 15.6 Å². The normalized spacial score (nSPS) is 11.0. The largest absolute Gasteiger partial charge is 0.497 e. The van der Waals surface area contributed by atoms with Crippen LogP contribution >= 0.6 is 22.7 Å². The van der Waals surface area contributed by atoms with Crippen molar-refractivity contribution < 1.29 is 9.53 Å². The molecule has 8 nitrogen and oxygen atoms in total. The van der Waals surface area contributed by atoms with Crippen LogP contribution in [0.5, 0.6) is 5.75 Å². The van der Waals surface area contributed by atoms with Crippen LogP contribution in [-0.2, 0) is 11.3 Å². The molecule has 0 radical (unpaired) electrons. The minimum Gasteiger partial charge on any atom is -0.497 e. The van der Waals surface area contributed by atoms with Gasteiger partial charge in [-0.3, -0.25) is 19.5 Å². The van der Waals surface area contributed by atoms with Crippen molar-refractivity contribution in [2.45, 2.75) is 20.4 Å². The second-order valence-corrected chi connectivity index (χ2v) is 8.32. The standard InChI is InChI=1S/C19H17N5O3S2/c1-10-20-17-16(14(9-28-17)12-4-6-13(27-3)7-5-12)18(26)24(10)8-15(25)21-19-23-22-11(2)29-19/h4-7,9H,8H2,1-3H3,(H,21,23,25). The van der Waals surface area contributed by atoms with Crippen LogP contribution in [0.3, 0.4) is 0 Å². The van der Waals surface area contributed by atoms with E-state index in [4.69, 9.17) is 4.74 Å². The maximum absolute atomic E-state index is 13.2. The molecule has 3 heterocycles. The zero-order valence-corrected chi connectivity index (χ0v) is 17.6. The second-order valence-electron chi connectivity index (χ2n) is 6.28. The lowest BCUT2D eigenvalue weighted by atomic mass is 10.1. The van der Waals surface area contributed by atoms with Crippen molar-refractivity contribution in [3.63, 3.8) is 0 Å². The summed E-state index contributed by atoms with van der Waals surface area (Å²) in [6, 6.07) is 7.48. The van der Waals surface area contributed by atoms with Gasteiger partial charge in [0.1, 0.15) is 28.0 Å². The van der Waals surface area contributed by atoms with E-state index < -0.39 is 0 Å². The van der Waals surface area contributed by atoms with Gasteiger partial charge in [0.05, 0.1) is 12.5 Å². The number of anilines is 1. The Labute approximate surface area is 173 Å². The highest BCUT2D eigenvalue weighted by Gasteiger charge is 2.17. The highest BCUT2D eigenvalue weighted by atomic mass is 32.1. The van der Waals surface area contributed by atoms with Crippen molar-refractivity contribution in [1.29, 1.82) is 0 Å². The average Bonchev–Trinajstić information content (AvgIpc) is 3.31. The Hall–Kier alpha value is -3.11. The van der Waals surface area contributed by atoms with Crippen molar-refractivity contribution in [1.82, 2.24) is 19.7 Å². The molecular formula is C19H17N5O3S2. The predicted molar refractivity (Wildman–Crippen MR) is 114 cm³/mol. The number of benzene rings is 1. The van der Waals surface area contributed by atoms with E-state index in [1.165, 1.54) is 27.2 Å². The summed E-state index contributed by atoms with van der Waals surface area (Å²) in [6.07, 6.45) is 0. The molecule has 4 aromatic rings. The van der Waals surface area contributed by atoms with Gasteiger partial charge in [0.15, 0.2) is 0 Å². The lowest BCUT2D eigenvalue weighted by Gasteiger charge is -2.10. The highest BCUT2D eigenvalue weighted by molar-refractivity contribution is 7.17. The Morgan fingerprint density at radius 2 is 1.97 bits per heavy atom. The van der Waals surface area contributed by atoms with Crippen LogP contribution in [-0.4, -0.2) is 32.8 Å². The molecule has 0 saturated carbocycles. The van der Waals surface area contributed by atoms with E-state index in [1.54, 1.807) is 21.0 Å². The molecule has 29 heavy (non-hydrogen) atoms. The molecule has 4 rings (SSSR count). The number of rotatable bonds is 5. The van der Waals surface area contributed by atoms with Gasteiger partial charge >= 0.3 is 0 Å². The molecule has 0 aliphatic heterocycles. The molecule has 0 spiro atoms. The van der Waals surface area contributed by atoms with E-state index in [0.29, 0.717) is 21.2 Å². The minimum absolute atomic E-state index is 0.149. The maximum atomic E-state index is 13.2. The highest BCUT2D eigenvalue weighted by Crippen LogP contribution is 2.32. The van der Waals surface area contributed by atoms with Gasteiger partial charge in [-0.25, -0.2) is 4.98 Å². The van der Waals surface area contributed by atoms with Crippen LogP contribution in [0, 0.1) is 13.8 Å². The van der Waals surface area contributed by atoms with E-state index in [-0.39, 0.29) is 18.0 Å². The smallest absolute Gasteiger partial charge is 0.263 e. The summed E-state index contributed by atoms with van der Waals surface area (Å²) in [4.78, 5) is 30.8. The fourth-order valence-corrected chi connectivity index (χ4v) is 4.54. The minimum atomic E-state index is -0.353. The van der Waals surface area contributed by atoms with Gasteiger partial charge in [-0.15, -0.1) is 21.5 Å². The average molecular weight is 428 g/mol. The topological polar surface area (TPSA) is 99.0 Å². The summed E-state index contributed by atoms with van der Waals surface area (Å²) < 4.78 is 6.58. The van der Waals surface area contributed by atoms with E-state index in [9.17, 15) is 9.59 Å². The van der Waals surface area contributed by atoms with Gasteiger partial charge in [-0.1, -0.05) is 23.5 Å². The maximum Gasteiger partial charge on any atom is 0.263 e. The van der Waals surface area contributed by atoms with Gasteiger partial charge in [-0.05, 0) is 31.5 Å². The third-order valence-electron chi connectivity index (χ3n) is 4.36. The number of fused-ring (bicyclic) bond motifs is 1. The van der Waals surface area contributed by atoms with Crippen LogP contribution in [0.2, 0.25) is 0 Å². The lowest BCUT2D eigenvalue weighted by Crippen LogP contribution is -2.30. The zero-order chi connectivity index (χ0) is 20.5. The first-order valence-electron chi connectivity index (χ1n) is 8.69. The number of thiophene rings is 1. The Bertz CT molecular complexity index is 1260. The summed E-state index contributed by atoms with van der Waals surface area (Å²) in [5.41, 5.74) is 1.43. The predicted octanol–water partition coefficient (Wildman–Crippen LogP) is 3.24. The first-order valence-corrected chi connectivity index (χ1v) is 10.4. The SMILES string of the molecule is COc1ccc(-c2csc3nc(C)n(CC(=O)Nc4nnc(C)s4)c(=O)c23)cc1. The van der Waals surface area contributed by atoms with Crippen molar-refractivity contribution in [3.05, 3.63) is 50.8 Å². The number of aryl methyl sites for hydroxylation is 2. The number of methoxy groups -OCH3 is 1. The van der Waals surface area contributed by atoms with Gasteiger partial charge < -0.3 is 4.74 Å². The number of aromatic nitrogens is 4. The molecule has 1 N–H and O–H groups in total. The molecule has 1 amide bonds. The number of nitrogens with one attached hydrogen (secondary N) is 1. The molecule has 148 valence electrons. The number of ether oxygens (including phenoxy) is 1. The summed E-state index contributed by atoms with van der Waals surface area (Å²) >= 11 is 2.68. The summed E-state index contributed by atoms with van der Waals surface area (Å²) in [6.45, 7) is 3.37. The quantitative estimate of drug-likeness (QED) is 0.525. The molecule has 0 aliphatic carbocycles. The number of nitrogens with zero attached hydrogens (tertiary/aromatic N) is 4. The van der Waals surface area contributed by atoms with Crippen LogP contribution in [0.25, 0.3) is 21.3 Å². The number of hydrogen-bond acceptors (Lipinski definition) is 8. The second kappa shape index (κ2) is 7.72. The Kier molecular flexibility index (Phi) is 5.12. The summed E-state index contributed by atoms with van der Waals surface area (Å²) in [5, 5.41) is 14.0. The molecular weight excluding hydrogens is 410 g/mol. The van der Waals surface area contributed by atoms with E-state index in [0.717, 1.165) is 21.9 Å². The molecule has 10 heteroatoms. The van der Waals surface area contributed by atoms with E-state index in [2.05, 4.69) is 20.5 Å². The van der Waals surface area contributed by atoms with Gasteiger partial charge in [0, 0.05) is 10.9 Å². The Morgan fingerprint density at radius 3 is 2.62 bits per heavy atom. The van der Waals surface area contributed by atoms with Gasteiger partial charge in [0.2, 0.25) is 11.0 Å². The van der Waals surface area contributed by atoms with Gasteiger partial charge in [0.25, 0.3) is 5.56 Å². The summed E-state index contributed by atoms with van der Waals surface area (Å²) in [5.74, 6) is 0.867. The number of carbonyl (C=O) groups excluding carboxylic acids is 1. The summed E-state index contributed by atoms with van der Waals surface area (Å²) in [7, 11) is 1.61. The first kappa shape index (κ1) is 19.2. The molecule has 0 saturated heterocycles. The molecule has 1 aromatic carbocycles.